The van der Waals surface area contributed by atoms with Gasteiger partial charge in [-0.05, 0) is 45.9 Å². The van der Waals surface area contributed by atoms with Gasteiger partial charge in [0.05, 0.1) is 11.3 Å². The van der Waals surface area contributed by atoms with Crippen molar-refractivity contribution in [1.82, 2.24) is 5.32 Å². The monoisotopic (exact) mass is 346 g/mol. The van der Waals surface area contributed by atoms with E-state index in [0.29, 0.717) is 13.1 Å². The molecule has 1 fully saturated rings. The predicted octanol–water partition coefficient (Wildman–Crippen LogP) is 3.79. The molecule has 1 heterocycles. The molecule has 0 aliphatic carbocycles. The third-order valence-electron chi connectivity index (χ3n) is 3.30. The van der Waals surface area contributed by atoms with Gasteiger partial charge in [0.1, 0.15) is 17.0 Å². The Morgan fingerprint density at radius 1 is 1.25 bits per heavy atom. The molecule has 8 heteroatoms. The number of rotatable bonds is 3. The molecule has 134 valence electrons. The van der Waals surface area contributed by atoms with Gasteiger partial charge >= 0.3 is 12.3 Å². The summed E-state index contributed by atoms with van der Waals surface area (Å²) in [5, 5.41) is 5.38. The molecule has 0 spiro atoms. The van der Waals surface area contributed by atoms with Gasteiger partial charge in [-0.1, -0.05) is 0 Å². The quantitative estimate of drug-likeness (QED) is 0.874. The Morgan fingerprint density at radius 2 is 1.88 bits per heavy atom. The van der Waals surface area contributed by atoms with Crippen LogP contribution < -0.4 is 15.4 Å². The summed E-state index contributed by atoms with van der Waals surface area (Å²) in [5.41, 5.74) is -2.24. The number of carbonyl (C=O) groups is 1. The van der Waals surface area contributed by atoms with Crippen molar-refractivity contribution in [2.24, 2.45) is 0 Å². The summed E-state index contributed by atoms with van der Waals surface area (Å²) in [6.45, 7) is 7.96. The second-order valence-electron chi connectivity index (χ2n) is 6.99. The van der Waals surface area contributed by atoms with Crippen LogP contribution in [0.2, 0.25) is 0 Å². The Balaban J connectivity index is 2.27. The lowest BCUT2D eigenvalue weighted by molar-refractivity contribution is -0.137. The number of nitrogens with one attached hydrogen (secondary N) is 2. The molecule has 0 atom stereocenters. The van der Waals surface area contributed by atoms with E-state index in [1.54, 1.807) is 20.8 Å². The molecule has 0 unspecified atom stereocenters. The maximum absolute atomic E-state index is 12.9. The number of hydrogen-bond donors (Lipinski definition) is 2. The van der Waals surface area contributed by atoms with Crippen molar-refractivity contribution in [3.8, 4) is 5.75 Å². The largest absolute Gasteiger partial charge is 0.483 e. The first-order chi connectivity index (χ1) is 10.9. The Kier molecular flexibility index (Phi) is 4.72. The van der Waals surface area contributed by atoms with E-state index >= 15 is 0 Å². The predicted molar refractivity (Wildman–Crippen MR) is 83.2 cm³/mol. The zero-order chi connectivity index (χ0) is 18.2. The van der Waals surface area contributed by atoms with E-state index in [4.69, 9.17) is 9.47 Å². The van der Waals surface area contributed by atoms with Crippen molar-refractivity contribution >= 4 is 11.8 Å². The van der Waals surface area contributed by atoms with Crippen LogP contribution in [0.3, 0.4) is 0 Å². The number of alkyl halides is 3. The molecule has 0 saturated carbocycles. The third-order valence-corrected chi connectivity index (χ3v) is 3.30. The van der Waals surface area contributed by atoms with Crippen LogP contribution in [0.4, 0.5) is 23.7 Å². The third kappa shape index (κ3) is 4.77. The minimum absolute atomic E-state index is 0.0767. The first-order valence-corrected chi connectivity index (χ1v) is 7.49. The molecule has 0 aromatic heterocycles. The van der Waals surface area contributed by atoms with Crippen LogP contribution >= 0.6 is 0 Å². The first-order valence-electron chi connectivity index (χ1n) is 7.49. The van der Waals surface area contributed by atoms with E-state index in [9.17, 15) is 18.0 Å². The molecule has 1 aliphatic heterocycles. The lowest BCUT2D eigenvalue weighted by atomic mass is 10.00. The number of carbonyl (C=O) groups excluding carboxylic acids is 1. The normalized spacial score (nSPS) is 17.0. The van der Waals surface area contributed by atoms with Crippen molar-refractivity contribution in [2.75, 3.05) is 18.4 Å². The topological polar surface area (TPSA) is 59.6 Å². The molecular formula is C16H21F3N2O3. The van der Waals surface area contributed by atoms with Crippen LogP contribution in [0.1, 0.15) is 33.3 Å². The van der Waals surface area contributed by atoms with E-state index < -0.39 is 29.0 Å². The van der Waals surface area contributed by atoms with Crippen molar-refractivity contribution in [3.05, 3.63) is 23.8 Å². The molecule has 1 aromatic rings. The SMILES string of the molecule is CC(C)(C)OC(=O)Nc1cc(C(F)(F)F)ccc1OC1(C)CNC1. The van der Waals surface area contributed by atoms with Crippen molar-refractivity contribution in [2.45, 2.75) is 45.1 Å². The maximum atomic E-state index is 12.9. The summed E-state index contributed by atoms with van der Waals surface area (Å²) in [7, 11) is 0. The fourth-order valence-electron chi connectivity index (χ4n) is 2.12. The van der Waals surface area contributed by atoms with E-state index in [1.165, 1.54) is 6.07 Å². The Morgan fingerprint density at radius 3 is 2.33 bits per heavy atom. The molecule has 1 saturated heterocycles. The molecule has 2 N–H and O–H groups in total. The van der Waals surface area contributed by atoms with Crippen LogP contribution in [0.15, 0.2) is 18.2 Å². The lowest BCUT2D eigenvalue weighted by Gasteiger charge is -2.39. The smallest absolute Gasteiger partial charge is 0.416 e. The van der Waals surface area contributed by atoms with Crippen molar-refractivity contribution in [3.63, 3.8) is 0 Å². The van der Waals surface area contributed by atoms with Gasteiger partial charge in [-0.3, -0.25) is 5.32 Å². The van der Waals surface area contributed by atoms with Gasteiger partial charge in [-0.2, -0.15) is 13.2 Å². The summed E-state index contributed by atoms with van der Waals surface area (Å²) >= 11 is 0. The number of amides is 1. The summed E-state index contributed by atoms with van der Waals surface area (Å²) in [5.74, 6) is 0.165. The average Bonchev–Trinajstić information content (AvgIpc) is 2.35. The van der Waals surface area contributed by atoms with Crippen molar-refractivity contribution < 1.29 is 27.4 Å². The van der Waals surface area contributed by atoms with Gasteiger partial charge in [-0.15, -0.1) is 0 Å². The molecule has 2 rings (SSSR count). The highest BCUT2D eigenvalue weighted by molar-refractivity contribution is 5.87. The van der Waals surface area contributed by atoms with E-state index in [2.05, 4.69) is 10.6 Å². The zero-order valence-corrected chi connectivity index (χ0v) is 14.0. The summed E-state index contributed by atoms with van der Waals surface area (Å²) in [4.78, 5) is 11.9. The molecule has 0 radical (unpaired) electrons. The fraction of sp³-hybridized carbons (Fsp3) is 0.562. The average molecular weight is 346 g/mol. The molecule has 5 nitrogen and oxygen atoms in total. The number of anilines is 1. The molecule has 1 amide bonds. The van der Waals surface area contributed by atoms with Gasteiger partial charge in [0.15, 0.2) is 0 Å². The summed E-state index contributed by atoms with van der Waals surface area (Å²) < 4.78 is 49.6. The maximum Gasteiger partial charge on any atom is 0.416 e. The van der Waals surface area contributed by atoms with Gasteiger partial charge in [0.25, 0.3) is 0 Å². The Bertz CT molecular complexity index is 620. The van der Waals surface area contributed by atoms with Crippen LogP contribution in [0.25, 0.3) is 0 Å². The molecule has 1 aliphatic rings. The Hall–Kier alpha value is -1.96. The standard InChI is InChI=1S/C16H21F3N2O3/c1-14(2,3)24-13(22)21-11-7-10(16(17,18)19)5-6-12(11)23-15(4)8-20-9-15/h5-7,20H,8-9H2,1-4H3,(H,21,22). The highest BCUT2D eigenvalue weighted by atomic mass is 19.4. The highest BCUT2D eigenvalue weighted by Gasteiger charge is 2.36. The summed E-state index contributed by atoms with van der Waals surface area (Å²) in [6.07, 6.45) is -5.37. The number of benzene rings is 1. The van der Waals surface area contributed by atoms with Gasteiger partial charge in [0, 0.05) is 13.1 Å². The number of hydrogen-bond acceptors (Lipinski definition) is 4. The number of halogens is 3. The van der Waals surface area contributed by atoms with E-state index in [0.717, 1.165) is 12.1 Å². The van der Waals surface area contributed by atoms with E-state index in [-0.39, 0.29) is 11.4 Å². The molecule has 24 heavy (non-hydrogen) atoms. The number of ether oxygens (including phenoxy) is 2. The van der Waals surface area contributed by atoms with E-state index in [1.807, 2.05) is 6.92 Å². The molecule has 0 bridgehead atoms. The zero-order valence-electron chi connectivity index (χ0n) is 14.0. The van der Waals surface area contributed by atoms with Crippen molar-refractivity contribution in [1.29, 1.82) is 0 Å². The van der Waals surface area contributed by atoms with Crippen LogP contribution in [-0.4, -0.2) is 30.4 Å². The Labute approximate surface area is 138 Å². The highest BCUT2D eigenvalue weighted by Crippen LogP contribution is 2.37. The summed E-state index contributed by atoms with van der Waals surface area (Å²) in [6, 6.07) is 2.97. The fourth-order valence-corrected chi connectivity index (χ4v) is 2.12. The second-order valence-corrected chi connectivity index (χ2v) is 6.99. The first kappa shape index (κ1) is 18.4. The minimum Gasteiger partial charge on any atom is -0.483 e. The molecular weight excluding hydrogens is 325 g/mol. The van der Waals surface area contributed by atoms with Crippen LogP contribution in [0, 0.1) is 0 Å². The minimum atomic E-state index is -4.52. The van der Waals surface area contributed by atoms with Gasteiger partial charge in [-0.25, -0.2) is 4.79 Å². The lowest BCUT2D eigenvalue weighted by Crippen LogP contribution is -2.61. The van der Waals surface area contributed by atoms with Gasteiger partial charge < -0.3 is 14.8 Å². The second kappa shape index (κ2) is 6.16. The van der Waals surface area contributed by atoms with Crippen LogP contribution in [0.5, 0.6) is 5.75 Å². The van der Waals surface area contributed by atoms with Crippen LogP contribution in [-0.2, 0) is 10.9 Å². The van der Waals surface area contributed by atoms with Gasteiger partial charge in [0.2, 0.25) is 0 Å². The molecule has 1 aromatic carbocycles.